The van der Waals surface area contributed by atoms with Gasteiger partial charge in [0.2, 0.25) is 6.04 Å². The number of nitrogens with two attached hydrogens (primary N) is 1. The maximum Gasteiger partial charge on any atom is 0.206 e. The van der Waals surface area contributed by atoms with Crippen LogP contribution in [0.15, 0.2) is 218 Å². The fraction of sp³-hybridized carbons (Fsp3) is 0.121. The summed E-state index contributed by atoms with van der Waals surface area (Å²) < 4.78 is 15.3. The number of nitrogens with zero attached hydrogens (tertiary/aromatic N) is 1. The van der Waals surface area contributed by atoms with Crippen molar-refractivity contribution < 1.29 is 14.0 Å². The van der Waals surface area contributed by atoms with Crippen LogP contribution in [0.5, 0.6) is 0 Å². The smallest absolute Gasteiger partial charge is 0.206 e. The maximum absolute atomic E-state index is 6.60. The summed E-state index contributed by atoms with van der Waals surface area (Å²) in [7, 11) is 0. The highest BCUT2D eigenvalue weighted by atomic mass is 16.7. The van der Waals surface area contributed by atoms with Crippen molar-refractivity contribution in [1.29, 1.82) is 0 Å². The van der Waals surface area contributed by atoms with Crippen LogP contribution < -0.4 is 27.6 Å². The van der Waals surface area contributed by atoms with Gasteiger partial charge in [0.15, 0.2) is 18.5 Å². The lowest BCUT2D eigenvalue weighted by molar-refractivity contribution is -0.607. The molecule has 5 heteroatoms. The van der Waals surface area contributed by atoms with E-state index in [1.807, 2.05) is 26.0 Å². The Morgan fingerprint density at radius 2 is 0.968 bits per heavy atom. The van der Waals surface area contributed by atoms with Crippen LogP contribution in [0.2, 0.25) is 0 Å². The largest absolute Gasteiger partial charge is 0.399 e. The lowest BCUT2D eigenvalue weighted by Crippen LogP contribution is -2.74. The summed E-state index contributed by atoms with van der Waals surface area (Å²) >= 11 is 0. The zero-order valence-corrected chi connectivity index (χ0v) is 35.8. The van der Waals surface area contributed by atoms with Crippen LogP contribution in [0.4, 0.5) is 5.69 Å². The SMILES string of the molecule is CC1(C)OC[C@H]([N+]2=Cc3ccc4ccccc4c3-c3c(ccc4ccccc34)C2)[C@H](c2ccc(N)cc2)O1.c1ccc([B-](c2ccccc2)(c2ccccc2)c2ccccc2)cc1. The van der Waals surface area contributed by atoms with Gasteiger partial charge in [-0.2, -0.15) is 21.9 Å². The Kier molecular flexibility index (Phi) is 10.8. The molecular weight excluding hydrogens is 767 g/mol. The molecule has 0 aromatic heterocycles. The third kappa shape index (κ3) is 7.65. The van der Waals surface area contributed by atoms with E-state index in [0.717, 1.165) is 17.8 Å². The van der Waals surface area contributed by atoms with E-state index >= 15 is 0 Å². The van der Waals surface area contributed by atoms with Crippen molar-refractivity contribution in [3.63, 3.8) is 0 Å². The molecule has 308 valence electrons. The molecule has 0 spiro atoms. The molecule has 0 radical (unpaired) electrons. The highest BCUT2D eigenvalue weighted by Gasteiger charge is 2.44. The van der Waals surface area contributed by atoms with Crippen LogP contribution in [0.3, 0.4) is 0 Å². The minimum Gasteiger partial charge on any atom is -0.399 e. The molecule has 0 amide bonds. The van der Waals surface area contributed by atoms with Crippen molar-refractivity contribution in [3.05, 3.63) is 235 Å². The normalized spacial score (nSPS) is 16.8. The van der Waals surface area contributed by atoms with E-state index in [1.165, 1.54) is 65.6 Å². The molecule has 4 nitrogen and oxygen atoms in total. The molecular formula is C58H51BN2O2. The molecule has 9 aromatic rings. The number of hydrogen-bond donors (Lipinski definition) is 1. The Morgan fingerprint density at radius 1 is 0.508 bits per heavy atom. The molecule has 1 saturated heterocycles. The van der Waals surface area contributed by atoms with Gasteiger partial charge in [0, 0.05) is 27.9 Å². The summed E-state index contributed by atoms with van der Waals surface area (Å²) in [6, 6.07) is 78.0. The minimum atomic E-state index is -1.22. The zero-order valence-electron chi connectivity index (χ0n) is 35.8. The third-order valence-corrected chi connectivity index (χ3v) is 13.1. The second kappa shape index (κ2) is 17.0. The molecule has 0 saturated carbocycles. The fourth-order valence-corrected chi connectivity index (χ4v) is 10.2. The quantitative estimate of drug-likeness (QED) is 0.103. The number of hydrogen-bond acceptors (Lipinski definition) is 3. The number of fused-ring (bicyclic) bond motifs is 7. The van der Waals surface area contributed by atoms with Crippen molar-refractivity contribution in [2.75, 3.05) is 12.3 Å². The van der Waals surface area contributed by atoms with Gasteiger partial charge >= 0.3 is 0 Å². The first-order valence-electron chi connectivity index (χ1n) is 22.1. The van der Waals surface area contributed by atoms with Crippen molar-refractivity contribution in [3.8, 4) is 11.1 Å². The van der Waals surface area contributed by atoms with Gasteiger partial charge in [-0.25, -0.2) is 4.58 Å². The first-order chi connectivity index (χ1) is 30.9. The highest BCUT2D eigenvalue weighted by molar-refractivity contribution is 7.19. The monoisotopic (exact) mass is 818 g/mol. The van der Waals surface area contributed by atoms with Gasteiger partial charge in [-0.1, -0.05) is 200 Å². The Hall–Kier alpha value is -7.05. The molecule has 2 aliphatic rings. The molecule has 0 bridgehead atoms. The molecule has 0 aliphatic carbocycles. The van der Waals surface area contributed by atoms with E-state index in [9.17, 15) is 0 Å². The maximum atomic E-state index is 6.60. The van der Waals surface area contributed by atoms with Gasteiger partial charge < -0.3 is 15.2 Å². The number of rotatable bonds is 6. The fourth-order valence-electron chi connectivity index (χ4n) is 10.2. The van der Waals surface area contributed by atoms with Crippen LogP contribution in [0, 0.1) is 0 Å². The van der Waals surface area contributed by atoms with Crippen LogP contribution in [0.25, 0.3) is 32.7 Å². The Morgan fingerprint density at radius 3 is 1.49 bits per heavy atom. The number of ether oxygens (including phenoxy) is 2. The molecule has 2 heterocycles. The van der Waals surface area contributed by atoms with Gasteiger partial charge in [-0.05, 0) is 59.2 Å². The average molecular weight is 819 g/mol. The summed E-state index contributed by atoms with van der Waals surface area (Å²) in [5.74, 6) is -0.670. The number of nitrogen functional groups attached to an aromatic ring is 1. The van der Waals surface area contributed by atoms with Crippen LogP contribution in [-0.4, -0.2) is 35.4 Å². The molecule has 63 heavy (non-hydrogen) atoms. The second-order valence-corrected chi connectivity index (χ2v) is 17.4. The molecule has 2 atom stereocenters. The minimum absolute atomic E-state index is 0.0107. The Balaban J connectivity index is 0.000000163. The lowest BCUT2D eigenvalue weighted by Gasteiger charge is -2.44. The second-order valence-electron chi connectivity index (χ2n) is 17.4. The van der Waals surface area contributed by atoms with Gasteiger partial charge in [0.1, 0.15) is 18.9 Å². The van der Waals surface area contributed by atoms with E-state index in [-0.39, 0.29) is 12.1 Å². The Labute approximate surface area is 370 Å². The van der Waals surface area contributed by atoms with E-state index in [4.69, 9.17) is 15.2 Å². The van der Waals surface area contributed by atoms with Crippen molar-refractivity contribution >= 4 is 61.4 Å². The van der Waals surface area contributed by atoms with E-state index in [0.29, 0.717) is 6.61 Å². The Bertz CT molecular complexity index is 2880. The molecule has 2 aliphatic heterocycles. The standard InChI is InChI=1S/C34H31N2O2.C24H20B/c1-34(2)37-21-30(33(38-34)24-15-17-27(35)18-16-24)36-19-25-13-11-22-7-3-5-9-28(22)31(25)32-26(20-36)14-12-23-8-4-6-10-29(23)32;1-5-13-21(14-6-1)25(22-15-7-2-8-16-22,23-17-9-3-10-18-23)24-19-11-4-12-20-24/h3-19,30,33H,20-21,35H2,1-2H3;1-20H/q+1;-1/t30-,33-;/m0./s1. The van der Waals surface area contributed by atoms with E-state index in [2.05, 4.69) is 217 Å². The predicted molar refractivity (Wildman–Crippen MR) is 265 cm³/mol. The summed E-state index contributed by atoms with van der Waals surface area (Å²) in [5.41, 5.74) is 18.4. The van der Waals surface area contributed by atoms with Crippen molar-refractivity contribution in [2.45, 2.75) is 38.3 Å². The van der Waals surface area contributed by atoms with Gasteiger partial charge in [-0.15, -0.1) is 0 Å². The summed E-state index contributed by atoms with van der Waals surface area (Å²) in [5, 5.41) is 5.06. The molecule has 0 unspecified atom stereocenters. The van der Waals surface area contributed by atoms with Gasteiger partial charge in [0.25, 0.3) is 0 Å². The number of benzene rings is 9. The van der Waals surface area contributed by atoms with Crippen LogP contribution in [-0.2, 0) is 16.0 Å². The van der Waals surface area contributed by atoms with Crippen molar-refractivity contribution in [2.24, 2.45) is 0 Å². The first-order valence-corrected chi connectivity index (χ1v) is 22.1. The van der Waals surface area contributed by atoms with Gasteiger partial charge in [-0.3, -0.25) is 0 Å². The summed E-state index contributed by atoms with van der Waals surface area (Å²) in [4.78, 5) is 0. The summed E-state index contributed by atoms with van der Waals surface area (Å²) in [6.07, 6.45) is 0.935. The molecule has 1 fully saturated rings. The molecule has 2 N–H and O–H groups in total. The lowest BCUT2D eigenvalue weighted by atomic mass is 9.13. The number of anilines is 1. The summed E-state index contributed by atoms with van der Waals surface area (Å²) in [6.45, 7) is 5.29. The van der Waals surface area contributed by atoms with Crippen LogP contribution in [0.1, 0.15) is 36.6 Å². The zero-order chi connectivity index (χ0) is 42.8. The topological polar surface area (TPSA) is 47.5 Å². The molecule has 11 rings (SSSR count). The van der Waals surface area contributed by atoms with Crippen LogP contribution >= 0.6 is 0 Å². The van der Waals surface area contributed by atoms with Crippen molar-refractivity contribution in [1.82, 2.24) is 0 Å². The predicted octanol–water partition coefficient (Wildman–Crippen LogP) is 10.1. The van der Waals surface area contributed by atoms with E-state index in [1.54, 1.807) is 0 Å². The third-order valence-electron chi connectivity index (χ3n) is 13.1. The average Bonchev–Trinajstić information content (AvgIpc) is 3.51. The first kappa shape index (κ1) is 40.1. The molecule has 9 aromatic carbocycles. The van der Waals surface area contributed by atoms with Gasteiger partial charge in [0.05, 0.1) is 0 Å². The van der Waals surface area contributed by atoms with E-state index < -0.39 is 11.9 Å². The highest BCUT2D eigenvalue weighted by Crippen LogP contribution is 2.42.